The van der Waals surface area contributed by atoms with E-state index in [1.807, 2.05) is 0 Å². The van der Waals surface area contributed by atoms with Gasteiger partial charge >= 0.3 is 5.69 Å². The smallest absolute Gasteiger partial charge is 0.301 e. The van der Waals surface area contributed by atoms with Crippen molar-refractivity contribution < 1.29 is 14.4 Å². The van der Waals surface area contributed by atoms with E-state index in [9.17, 15) is 19.6 Å². The Morgan fingerprint density at radius 1 is 1.18 bits per heavy atom. The normalized spacial score (nSPS) is 12.3. The molecule has 22 heavy (non-hydrogen) atoms. The van der Waals surface area contributed by atoms with Gasteiger partial charge < -0.3 is 5.11 Å². The van der Waals surface area contributed by atoms with Gasteiger partial charge in [-0.1, -0.05) is 12.1 Å². The van der Waals surface area contributed by atoms with Crippen LogP contribution in [0.3, 0.4) is 0 Å². The number of benzene rings is 1. The van der Waals surface area contributed by atoms with Crippen molar-refractivity contribution in [2.24, 2.45) is 0 Å². The summed E-state index contributed by atoms with van der Waals surface area (Å²) >= 11 is 0. The number of rotatable bonds is 3. The van der Waals surface area contributed by atoms with Crippen molar-refractivity contribution in [3.05, 3.63) is 76.0 Å². The lowest BCUT2D eigenvalue weighted by Crippen LogP contribution is -2.07. The molecule has 0 bridgehead atoms. The fraction of sp³-hybridized carbons (Fsp3) is 0.0667. The maximum Gasteiger partial charge on any atom is 0.301 e. The molecule has 1 N–H and O–H groups in total. The minimum Gasteiger partial charge on any atom is -0.382 e. The van der Waals surface area contributed by atoms with E-state index in [-0.39, 0.29) is 22.5 Å². The van der Waals surface area contributed by atoms with E-state index in [2.05, 4.69) is 9.97 Å². The molecule has 2 aromatic heterocycles. The SMILES string of the molecule is O=[N+]([O-])c1c(C(O)c2ccc(F)cn2)ccc2cccnc12. The highest BCUT2D eigenvalue weighted by molar-refractivity contribution is 5.88. The molecule has 0 saturated carbocycles. The van der Waals surface area contributed by atoms with E-state index in [0.717, 1.165) is 12.3 Å². The van der Waals surface area contributed by atoms with E-state index in [1.54, 1.807) is 18.2 Å². The van der Waals surface area contributed by atoms with Crippen molar-refractivity contribution in [3.8, 4) is 0 Å². The number of aliphatic hydroxyl groups is 1. The molecule has 1 aromatic carbocycles. The first kappa shape index (κ1) is 14.0. The van der Waals surface area contributed by atoms with Gasteiger partial charge in [-0.05, 0) is 24.3 Å². The summed E-state index contributed by atoms with van der Waals surface area (Å²) in [5, 5.41) is 22.3. The Hall–Kier alpha value is -2.93. The highest BCUT2D eigenvalue weighted by Gasteiger charge is 2.26. The van der Waals surface area contributed by atoms with Crippen LogP contribution in [0.1, 0.15) is 17.4 Å². The Kier molecular flexibility index (Phi) is 3.48. The number of hydrogen-bond donors (Lipinski definition) is 1. The van der Waals surface area contributed by atoms with Crippen LogP contribution in [0.5, 0.6) is 0 Å². The lowest BCUT2D eigenvalue weighted by molar-refractivity contribution is -0.384. The summed E-state index contributed by atoms with van der Waals surface area (Å²) in [6.45, 7) is 0. The van der Waals surface area contributed by atoms with Gasteiger partial charge in [0.2, 0.25) is 0 Å². The molecule has 7 heteroatoms. The lowest BCUT2D eigenvalue weighted by Gasteiger charge is -2.12. The number of nitrogens with zero attached hydrogens (tertiary/aromatic N) is 3. The predicted octanol–water partition coefficient (Wildman–Crippen LogP) is 2.76. The number of nitro benzene ring substituents is 1. The van der Waals surface area contributed by atoms with Crippen molar-refractivity contribution in [2.75, 3.05) is 0 Å². The molecule has 2 heterocycles. The number of aromatic nitrogens is 2. The molecule has 0 aliphatic carbocycles. The second-order valence-corrected chi connectivity index (χ2v) is 4.64. The quantitative estimate of drug-likeness (QED) is 0.593. The summed E-state index contributed by atoms with van der Waals surface area (Å²) in [6, 6.07) is 8.88. The van der Waals surface area contributed by atoms with Crippen molar-refractivity contribution in [1.82, 2.24) is 9.97 Å². The number of fused-ring (bicyclic) bond motifs is 1. The Morgan fingerprint density at radius 2 is 2.00 bits per heavy atom. The maximum absolute atomic E-state index is 12.9. The highest BCUT2D eigenvalue weighted by atomic mass is 19.1. The van der Waals surface area contributed by atoms with Gasteiger partial charge in [0, 0.05) is 11.6 Å². The third kappa shape index (κ3) is 2.38. The molecule has 0 aliphatic rings. The summed E-state index contributed by atoms with van der Waals surface area (Å²) in [5.41, 5.74) is 0.0953. The largest absolute Gasteiger partial charge is 0.382 e. The van der Waals surface area contributed by atoms with Crippen LogP contribution < -0.4 is 0 Å². The predicted molar refractivity (Wildman–Crippen MR) is 76.7 cm³/mol. The lowest BCUT2D eigenvalue weighted by atomic mass is 10.0. The molecule has 0 fully saturated rings. The van der Waals surface area contributed by atoms with Gasteiger partial charge in [0.05, 0.1) is 22.4 Å². The number of aliphatic hydroxyl groups excluding tert-OH is 1. The average molecular weight is 299 g/mol. The molecule has 3 aromatic rings. The summed E-state index contributed by atoms with van der Waals surface area (Å²) in [5.74, 6) is -0.550. The molecular weight excluding hydrogens is 289 g/mol. The van der Waals surface area contributed by atoms with E-state index >= 15 is 0 Å². The summed E-state index contributed by atoms with van der Waals surface area (Å²) in [7, 11) is 0. The third-order valence-corrected chi connectivity index (χ3v) is 3.29. The van der Waals surface area contributed by atoms with Gasteiger partial charge in [0.25, 0.3) is 0 Å². The summed E-state index contributed by atoms with van der Waals surface area (Å²) < 4.78 is 12.9. The first-order valence-electron chi connectivity index (χ1n) is 6.39. The Balaban J connectivity index is 2.19. The van der Waals surface area contributed by atoms with Crippen LogP contribution in [0.4, 0.5) is 10.1 Å². The molecule has 0 aliphatic heterocycles. The van der Waals surface area contributed by atoms with Crippen molar-refractivity contribution in [1.29, 1.82) is 0 Å². The van der Waals surface area contributed by atoms with Gasteiger partial charge in [-0.25, -0.2) is 9.37 Å². The van der Waals surface area contributed by atoms with Crippen LogP contribution in [-0.4, -0.2) is 20.0 Å². The first-order valence-corrected chi connectivity index (χ1v) is 6.39. The molecule has 6 nitrogen and oxygen atoms in total. The molecular formula is C15H10FN3O3. The summed E-state index contributed by atoms with van der Waals surface area (Å²) in [6.07, 6.45) is 1.05. The monoisotopic (exact) mass is 299 g/mol. The molecule has 0 spiro atoms. The topological polar surface area (TPSA) is 89.2 Å². The zero-order valence-electron chi connectivity index (χ0n) is 11.2. The zero-order chi connectivity index (χ0) is 15.7. The second-order valence-electron chi connectivity index (χ2n) is 4.64. The van der Waals surface area contributed by atoms with Gasteiger partial charge in [0.1, 0.15) is 17.4 Å². The minimum atomic E-state index is -1.34. The number of pyridine rings is 2. The first-order chi connectivity index (χ1) is 10.6. The second kappa shape index (κ2) is 5.45. The van der Waals surface area contributed by atoms with E-state index in [0.29, 0.717) is 5.39 Å². The standard InChI is InChI=1S/C15H10FN3O3/c16-10-4-6-12(18-8-10)15(20)11-5-3-9-2-1-7-17-13(9)14(11)19(21)22/h1-8,15,20H. The van der Waals surface area contributed by atoms with Crippen LogP contribution in [0.15, 0.2) is 48.8 Å². The molecule has 3 rings (SSSR count). The van der Waals surface area contributed by atoms with Crippen LogP contribution in [-0.2, 0) is 0 Å². The third-order valence-electron chi connectivity index (χ3n) is 3.29. The molecule has 0 saturated heterocycles. The number of hydrogen-bond acceptors (Lipinski definition) is 5. The molecule has 0 radical (unpaired) electrons. The van der Waals surface area contributed by atoms with Crippen molar-refractivity contribution in [2.45, 2.75) is 6.10 Å². The van der Waals surface area contributed by atoms with Crippen LogP contribution in [0.25, 0.3) is 10.9 Å². The maximum atomic E-state index is 12.9. The summed E-state index contributed by atoms with van der Waals surface area (Å²) in [4.78, 5) is 18.6. The molecule has 1 unspecified atom stereocenters. The minimum absolute atomic E-state index is 0.0651. The number of halogens is 1. The van der Waals surface area contributed by atoms with E-state index < -0.39 is 16.8 Å². The fourth-order valence-electron chi connectivity index (χ4n) is 2.27. The Morgan fingerprint density at radius 3 is 2.68 bits per heavy atom. The zero-order valence-corrected chi connectivity index (χ0v) is 11.2. The fourth-order valence-corrected chi connectivity index (χ4v) is 2.27. The van der Waals surface area contributed by atoms with E-state index in [1.165, 1.54) is 18.3 Å². The van der Waals surface area contributed by atoms with Gasteiger partial charge in [0.15, 0.2) is 0 Å². The highest BCUT2D eigenvalue weighted by Crippen LogP contribution is 2.34. The molecule has 110 valence electrons. The van der Waals surface area contributed by atoms with Crippen LogP contribution in [0.2, 0.25) is 0 Å². The van der Waals surface area contributed by atoms with Crippen LogP contribution in [0, 0.1) is 15.9 Å². The Bertz CT molecular complexity index is 852. The van der Waals surface area contributed by atoms with Gasteiger partial charge in [-0.2, -0.15) is 0 Å². The van der Waals surface area contributed by atoms with Crippen molar-refractivity contribution >= 4 is 16.6 Å². The Labute approximate surface area is 124 Å². The van der Waals surface area contributed by atoms with Gasteiger partial charge in [-0.15, -0.1) is 0 Å². The number of nitro groups is 1. The molecule has 1 atom stereocenters. The van der Waals surface area contributed by atoms with Crippen molar-refractivity contribution in [3.63, 3.8) is 0 Å². The van der Waals surface area contributed by atoms with E-state index in [4.69, 9.17) is 0 Å². The molecule has 0 amide bonds. The average Bonchev–Trinajstić information content (AvgIpc) is 2.53. The van der Waals surface area contributed by atoms with Crippen LogP contribution >= 0.6 is 0 Å². The van der Waals surface area contributed by atoms with Gasteiger partial charge in [-0.3, -0.25) is 15.1 Å².